The summed E-state index contributed by atoms with van der Waals surface area (Å²) in [5, 5.41) is 0. The van der Waals surface area contributed by atoms with E-state index in [2.05, 4.69) is 16.6 Å². The van der Waals surface area contributed by atoms with Crippen LogP contribution in [0.15, 0.2) is 24.3 Å². The zero-order valence-electron chi connectivity index (χ0n) is 11.7. The molecule has 1 aromatic rings. The molecule has 116 valence electrons. The first kappa shape index (κ1) is 17.7. The van der Waals surface area contributed by atoms with E-state index in [1.165, 1.54) is 0 Å². The lowest BCUT2D eigenvalue weighted by Crippen LogP contribution is -2.29. The van der Waals surface area contributed by atoms with Crippen LogP contribution in [0.4, 0.5) is 0 Å². The highest BCUT2D eigenvalue weighted by atomic mass is 32.2. The molecule has 21 heavy (non-hydrogen) atoms. The predicted octanol–water partition coefficient (Wildman–Crippen LogP) is -0.539. The lowest BCUT2D eigenvalue weighted by molar-refractivity contribution is 0.579. The molecule has 0 fully saturated rings. The molecule has 0 atom stereocenters. The molecule has 0 aliphatic rings. The van der Waals surface area contributed by atoms with E-state index in [1.54, 1.807) is 24.3 Å². The average molecular weight is 330 g/mol. The molecule has 0 saturated heterocycles. The molecule has 0 aromatic heterocycles. The van der Waals surface area contributed by atoms with Gasteiger partial charge in [0.1, 0.15) is 9.84 Å². The maximum Gasteiger partial charge on any atom is 0.212 e. The Labute approximate surface area is 125 Å². The lowest BCUT2D eigenvalue weighted by Gasteiger charge is -2.06. The van der Waals surface area contributed by atoms with Gasteiger partial charge in [0.2, 0.25) is 10.0 Å². The third kappa shape index (κ3) is 7.82. The zero-order valence-corrected chi connectivity index (χ0v) is 13.3. The fourth-order valence-electron chi connectivity index (χ4n) is 1.44. The van der Waals surface area contributed by atoms with Crippen molar-refractivity contribution in [2.75, 3.05) is 24.3 Å². The van der Waals surface area contributed by atoms with E-state index in [1.807, 2.05) is 0 Å². The highest BCUT2D eigenvalue weighted by molar-refractivity contribution is 7.93. The second-order valence-electron chi connectivity index (χ2n) is 4.48. The van der Waals surface area contributed by atoms with E-state index in [9.17, 15) is 16.8 Å². The molecule has 0 amide bonds. The third-order valence-corrected chi connectivity index (χ3v) is 5.01. The van der Waals surface area contributed by atoms with Crippen molar-refractivity contribution in [3.8, 4) is 11.8 Å². The standard InChI is InChI=1S/C13H18N2O4S2/c1-20(16,17)8-9-21(18,19)15-11-13-5-2-4-12(10-13)6-3-7-14/h2,4-5,10,15H,7-9,11,14H2,1H3. The van der Waals surface area contributed by atoms with Gasteiger partial charge in [-0.15, -0.1) is 0 Å². The number of nitrogens with one attached hydrogen (secondary N) is 1. The summed E-state index contributed by atoms with van der Waals surface area (Å²) in [7, 11) is -6.93. The molecule has 0 aliphatic carbocycles. The van der Waals surface area contributed by atoms with Crippen molar-refractivity contribution in [2.45, 2.75) is 6.54 Å². The number of hydrogen-bond acceptors (Lipinski definition) is 5. The smallest absolute Gasteiger partial charge is 0.212 e. The topological polar surface area (TPSA) is 106 Å². The van der Waals surface area contributed by atoms with Gasteiger partial charge in [0.25, 0.3) is 0 Å². The number of sulfone groups is 1. The zero-order chi connectivity index (χ0) is 15.9. The van der Waals surface area contributed by atoms with Crippen molar-refractivity contribution in [1.29, 1.82) is 0 Å². The van der Waals surface area contributed by atoms with Crippen molar-refractivity contribution >= 4 is 19.9 Å². The van der Waals surface area contributed by atoms with Crippen molar-refractivity contribution < 1.29 is 16.8 Å². The van der Waals surface area contributed by atoms with Crippen LogP contribution in [0.2, 0.25) is 0 Å². The Bertz CT molecular complexity index is 744. The Hall–Kier alpha value is -1.40. The fraction of sp³-hybridized carbons (Fsp3) is 0.385. The van der Waals surface area contributed by atoms with Crippen LogP contribution in [0.3, 0.4) is 0 Å². The minimum Gasteiger partial charge on any atom is -0.320 e. The van der Waals surface area contributed by atoms with Crippen LogP contribution in [0.5, 0.6) is 0 Å². The third-order valence-electron chi connectivity index (χ3n) is 2.48. The van der Waals surface area contributed by atoms with Crippen LogP contribution in [0.1, 0.15) is 11.1 Å². The largest absolute Gasteiger partial charge is 0.320 e. The maximum absolute atomic E-state index is 11.7. The highest BCUT2D eigenvalue weighted by Gasteiger charge is 2.14. The number of sulfonamides is 1. The van der Waals surface area contributed by atoms with Gasteiger partial charge in [-0.25, -0.2) is 21.6 Å². The van der Waals surface area contributed by atoms with Crippen LogP contribution in [-0.2, 0) is 26.4 Å². The first-order valence-electron chi connectivity index (χ1n) is 6.15. The van der Waals surface area contributed by atoms with E-state index in [-0.39, 0.29) is 13.1 Å². The van der Waals surface area contributed by atoms with Crippen molar-refractivity contribution in [3.05, 3.63) is 35.4 Å². The summed E-state index contributed by atoms with van der Waals surface area (Å²) in [6, 6.07) is 7.07. The van der Waals surface area contributed by atoms with E-state index < -0.39 is 31.4 Å². The number of benzene rings is 1. The Balaban J connectivity index is 2.66. The molecule has 0 aliphatic heterocycles. The normalized spacial score (nSPS) is 11.7. The van der Waals surface area contributed by atoms with Gasteiger partial charge in [-0.3, -0.25) is 0 Å². The van der Waals surface area contributed by atoms with Gasteiger partial charge in [0, 0.05) is 18.4 Å². The quantitative estimate of drug-likeness (QED) is 0.682. The molecule has 6 nitrogen and oxygen atoms in total. The lowest BCUT2D eigenvalue weighted by atomic mass is 10.1. The average Bonchev–Trinajstić information content (AvgIpc) is 2.41. The fourth-order valence-corrected chi connectivity index (χ4v) is 4.06. The SMILES string of the molecule is CS(=O)(=O)CCS(=O)(=O)NCc1cccc(C#CCN)c1. The molecule has 0 radical (unpaired) electrons. The Morgan fingerprint density at radius 2 is 1.90 bits per heavy atom. The van der Waals surface area contributed by atoms with Gasteiger partial charge >= 0.3 is 0 Å². The maximum atomic E-state index is 11.7. The van der Waals surface area contributed by atoms with Crippen LogP contribution >= 0.6 is 0 Å². The van der Waals surface area contributed by atoms with Crippen molar-refractivity contribution in [2.24, 2.45) is 5.73 Å². The van der Waals surface area contributed by atoms with Gasteiger partial charge < -0.3 is 5.73 Å². The van der Waals surface area contributed by atoms with E-state index in [0.717, 1.165) is 17.4 Å². The van der Waals surface area contributed by atoms with Gasteiger partial charge in [-0.05, 0) is 17.7 Å². The predicted molar refractivity (Wildman–Crippen MR) is 82.7 cm³/mol. The number of nitrogens with two attached hydrogens (primary N) is 1. The van der Waals surface area contributed by atoms with Crippen LogP contribution in [-0.4, -0.2) is 41.1 Å². The second-order valence-corrected chi connectivity index (χ2v) is 8.66. The van der Waals surface area contributed by atoms with Crippen LogP contribution < -0.4 is 10.5 Å². The minimum atomic E-state index is -3.63. The van der Waals surface area contributed by atoms with E-state index in [4.69, 9.17) is 5.73 Å². The molecule has 0 unspecified atom stereocenters. The Morgan fingerprint density at radius 1 is 1.19 bits per heavy atom. The minimum absolute atomic E-state index is 0.0875. The van der Waals surface area contributed by atoms with Crippen molar-refractivity contribution in [1.82, 2.24) is 4.72 Å². The summed E-state index contributed by atoms with van der Waals surface area (Å²) >= 11 is 0. The van der Waals surface area contributed by atoms with Crippen LogP contribution in [0, 0.1) is 11.8 Å². The van der Waals surface area contributed by atoms with Gasteiger partial charge in [-0.2, -0.15) is 0 Å². The molecule has 1 rings (SSSR count). The number of hydrogen-bond donors (Lipinski definition) is 2. The summed E-state index contributed by atoms with van der Waals surface area (Å²) in [5.74, 6) is 4.72. The van der Waals surface area contributed by atoms with Gasteiger partial charge in [0.15, 0.2) is 0 Å². The molecule has 1 aromatic carbocycles. The van der Waals surface area contributed by atoms with Gasteiger partial charge in [0.05, 0.1) is 18.1 Å². The Morgan fingerprint density at radius 3 is 2.52 bits per heavy atom. The highest BCUT2D eigenvalue weighted by Crippen LogP contribution is 2.04. The van der Waals surface area contributed by atoms with Crippen molar-refractivity contribution in [3.63, 3.8) is 0 Å². The molecular weight excluding hydrogens is 312 g/mol. The summed E-state index contributed by atoms with van der Waals surface area (Å²) in [6.45, 7) is 0.340. The van der Waals surface area contributed by atoms with Crippen LogP contribution in [0.25, 0.3) is 0 Å². The summed E-state index contributed by atoms with van der Waals surface area (Å²) in [4.78, 5) is 0. The van der Waals surface area contributed by atoms with E-state index in [0.29, 0.717) is 0 Å². The first-order valence-corrected chi connectivity index (χ1v) is 9.86. The molecule has 0 saturated carbocycles. The molecule has 0 heterocycles. The van der Waals surface area contributed by atoms with Gasteiger partial charge in [-0.1, -0.05) is 24.0 Å². The summed E-state index contributed by atoms with van der Waals surface area (Å²) in [5.41, 5.74) is 6.77. The summed E-state index contributed by atoms with van der Waals surface area (Å²) in [6.07, 6.45) is 1.00. The summed E-state index contributed by atoms with van der Waals surface area (Å²) < 4.78 is 47.7. The molecule has 0 spiro atoms. The Kier molecular flexibility index (Phi) is 6.36. The number of rotatable bonds is 6. The second kappa shape index (κ2) is 7.56. The molecular formula is C13H18N2O4S2. The first-order chi connectivity index (χ1) is 9.72. The molecule has 8 heteroatoms. The molecule has 0 bridgehead atoms. The van der Waals surface area contributed by atoms with E-state index >= 15 is 0 Å². The molecule has 3 N–H and O–H groups in total. The monoisotopic (exact) mass is 330 g/mol.